The fraction of sp³-hybridized carbons (Fsp3) is 0.613. The van der Waals surface area contributed by atoms with E-state index in [1.54, 1.807) is 54.5 Å². The molecule has 1 spiro atoms. The van der Waals surface area contributed by atoms with E-state index in [0.29, 0.717) is 28.3 Å². The van der Waals surface area contributed by atoms with Crippen molar-refractivity contribution in [2.24, 2.45) is 5.41 Å². The van der Waals surface area contributed by atoms with Crippen molar-refractivity contribution in [2.45, 2.75) is 85.9 Å². The Labute approximate surface area is 263 Å². The van der Waals surface area contributed by atoms with E-state index < -0.39 is 23.4 Å². The zero-order valence-corrected chi connectivity index (χ0v) is 27.6. The van der Waals surface area contributed by atoms with Gasteiger partial charge in [0.2, 0.25) is 0 Å². The fourth-order valence-electron chi connectivity index (χ4n) is 5.64. The molecule has 3 aromatic rings. The first-order valence-electron chi connectivity index (χ1n) is 15.1. The Hall–Kier alpha value is -3.51. The SMILES string of the molecule is CCN(C(=O)OC(C)(C)C)c1nccc(-c2nn(C(=O)OC(C)(C)C)c3nc(N4CCC5(CCOC5)CC4)c(C)nc23)c1Cl. The minimum Gasteiger partial charge on any atom is -0.443 e. The van der Waals surface area contributed by atoms with Crippen LogP contribution in [0.15, 0.2) is 12.3 Å². The number of halogens is 1. The molecule has 0 N–H and O–H groups in total. The molecule has 12 nitrogen and oxygen atoms in total. The Morgan fingerprint density at radius 3 is 2.34 bits per heavy atom. The Kier molecular flexibility index (Phi) is 8.54. The number of ether oxygens (including phenoxy) is 3. The second-order valence-electron chi connectivity index (χ2n) is 13.6. The second-order valence-corrected chi connectivity index (χ2v) is 13.9. The van der Waals surface area contributed by atoms with Crippen LogP contribution in [0.25, 0.3) is 22.4 Å². The Bertz CT molecular complexity index is 1560. The maximum atomic E-state index is 13.5. The fourth-order valence-corrected chi connectivity index (χ4v) is 5.94. The molecule has 2 aliphatic heterocycles. The van der Waals surface area contributed by atoms with Gasteiger partial charge in [-0.25, -0.2) is 24.5 Å². The summed E-state index contributed by atoms with van der Waals surface area (Å²) in [5.74, 6) is 0.909. The van der Waals surface area contributed by atoms with Crippen LogP contribution in [0.5, 0.6) is 0 Å². The van der Waals surface area contributed by atoms with Crippen LogP contribution in [-0.2, 0) is 14.2 Å². The van der Waals surface area contributed by atoms with Crippen LogP contribution < -0.4 is 9.80 Å². The summed E-state index contributed by atoms with van der Waals surface area (Å²) in [6.07, 6.45) is 3.36. The lowest BCUT2D eigenvalue weighted by Crippen LogP contribution is -2.41. The molecule has 2 aliphatic rings. The topological polar surface area (TPSA) is 125 Å². The van der Waals surface area contributed by atoms with Gasteiger partial charge in [0.25, 0.3) is 0 Å². The highest BCUT2D eigenvalue weighted by molar-refractivity contribution is 6.36. The number of hydrogen-bond acceptors (Lipinski definition) is 10. The van der Waals surface area contributed by atoms with E-state index in [1.807, 2.05) is 6.92 Å². The van der Waals surface area contributed by atoms with E-state index >= 15 is 0 Å². The summed E-state index contributed by atoms with van der Waals surface area (Å²) in [5.41, 5.74) is 0.864. The molecular weight excluding hydrogens is 586 g/mol. The number of piperidine rings is 1. The van der Waals surface area contributed by atoms with Gasteiger partial charge in [0.15, 0.2) is 17.3 Å². The monoisotopic (exact) mass is 627 g/mol. The molecule has 0 aliphatic carbocycles. The summed E-state index contributed by atoms with van der Waals surface area (Å²) in [4.78, 5) is 44.4. The van der Waals surface area contributed by atoms with Crippen molar-refractivity contribution < 1.29 is 23.8 Å². The van der Waals surface area contributed by atoms with E-state index in [4.69, 9.17) is 35.8 Å². The molecule has 2 fully saturated rings. The lowest BCUT2D eigenvalue weighted by Gasteiger charge is -2.39. The van der Waals surface area contributed by atoms with Gasteiger partial charge in [0.05, 0.1) is 17.3 Å². The number of carbonyl (C=O) groups is 2. The van der Waals surface area contributed by atoms with Crippen molar-refractivity contribution in [3.05, 3.63) is 23.0 Å². The number of pyridine rings is 1. The van der Waals surface area contributed by atoms with Crippen molar-refractivity contribution in [3.8, 4) is 11.3 Å². The number of aryl methyl sites for hydroxylation is 1. The number of carbonyl (C=O) groups excluding carboxylic acids is 2. The third-order valence-electron chi connectivity index (χ3n) is 7.84. The largest absolute Gasteiger partial charge is 0.443 e. The van der Waals surface area contributed by atoms with Crippen molar-refractivity contribution >= 4 is 46.6 Å². The van der Waals surface area contributed by atoms with Crippen molar-refractivity contribution in [2.75, 3.05) is 42.6 Å². The number of amides is 1. The Morgan fingerprint density at radius 2 is 1.75 bits per heavy atom. The van der Waals surface area contributed by atoms with Gasteiger partial charge in [-0.05, 0) is 86.1 Å². The van der Waals surface area contributed by atoms with Gasteiger partial charge < -0.3 is 19.1 Å². The summed E-state index contributed by atoms with van der Waals surface area (Å²) in [6.45, 7) is 18.0. The maximum Gasteiger partial charge on any atom is 0.437 e. The van der Waals surface area contributed by atoms with Crippen LogP contribution in [0.2, 0.25) is 5.02 Å². The highest BCUT2D eigenvalue weighted by atomic mass is 35.5. The summed E-state index contributed by atoms with van der Waals surface area (Å²) in [5, 5.41) is 4.82. The van der Waals surface area contributed by atoms with Crippen LogP contribution in [0.1, 0.15) is 73.4 Å². The normalized spacial score (nSPS) is 16.9. The second kappa shape index (κ2) is 11.8. The first-order valence-corrected chi connectivity index (χ1v) is 15.5. The molecule has 0 saturated carbocycles. The van der Waals surface area contributed by atoms with Gasteiger partial charge in [-0.15, -0.1) is 4.68 Å². The van der Waals surface area contributed by atoms with Gasteiger partial charge in [-0.1, -0.05) is 11.6 Å². The molecular formula is C31H42ClN7O5. The number of nitrogens with zero attached hydrogens (tertiary/aromatic N) is 7. The summed E-state index contributed by atoms with van der Waals surface area (Å²) in [7, 11) is 0. The molecule has 0 unspecified atom stereocenters. The number of fused-ring (bicyclic) bond motifs is 1. The minimum atomic E-state index is -0.766. The molecule has 0 aromatic carbocycles. The summed E-state index contributed by atoms with van der Waals surface area (Å²) >= 11 is 6.94. The van der Waals surface area contributed by atoms with Crippen molar-refractivity contribution in [1.29, 1.82) is 0 Å². The molecule has 13 heteroatoms. The third kappa shape index (κ3) is 6.46. The van der Waals surface area contributed by atoms with Crippen molar-refractivity contribution in [3.63, 3.8) is 0 Å². The molecule has 5 heterocycles. The van der Waals surface area contributed by atoms with E-state index in [-0.39, 0.29) is 28.4 Å². The van der Waals surface area contributed by atoms with E-state index in [9.17, 15) is 9.59 Å². The molecule has 2 saturated heterocycles. The molecule has 238 valence electrons. The van der Waals surface area contributed by atoms with E-state index in [1.165, 1.54) is 11.1 Å². The predicted octanol–water partition coefficient (Wildman–Crippen LogP) is 6.40. The molecule has 0 bridgehead atoms. The van der Waals surface area contributed by atoms with E-state index in [2.05, 4.69) is 15.0 Å². The standard InChI is InChI=1S/C31H42ClN7O5/c1-9-38(27(40)43-29(3,4)5)25-21(32)20(10-14-33-25)22-23-26(39(36-22)28(41)44-30(6,7)8)35-24(19(2)34-23)37-15-11-31(12-16-37)13-17-42-18-31/h10,14H,9,11-13,15-18H2,1-8H3. The minimum absolute atomic E-state index is 0.166. The molecule has 0 atom stereocenters. The smallest absolute Gasteiger partial charge is 0.437 e. The summed E-state index contributed by atoms with van der Waals surface area (Å²) < 4.78 is 18.1. The van der Waals surface area contributed by atoms with Crippen LogP contribution >= 0.6 is 11.6 Å². The van der Waals surface area contributed by atoms with E-state index in [0.717, 1.165) is 50.2 Å². The molecule has 3 aromatic heterocycles. The number of rotatable bonds is 4. The molecule has 5 rings (SSSR count). The van der Waals surface area contributed by atoms with Gasteiger partial charge >= 0.3 is 12.2 Å². The van der Waals surface area contributed by atoms with Gasteiger partial charge in [0, 0.05) is 38.0 Å². The maximum absolute atomic E-state index is 13.5. The quantitative estimate of drug-likeness (QED) is 0.321. The molecule has 0 radical (unpaired) electrons. The highest BCUT2D eigenvalue weighted by Crippen LogP contribution is 2.41. The first kappa shape index (κ1) is 31.9. The average Bonchev–Trinajstić information content (AvgIpc) is 3.53. The third-order valence-corrected chi connectivity index (χ3v) is 8.21. The number of anilines is 2. The Morgan fingerprint density at radius 1 is 1.07 bits per heavy atom. The van der Waals surface area contributed by atoms with Gasteiger partial charge in [0.1, 0.15) is 22.4 Å². The zero-order valence-electron chi connectivity index (χ0n) is 26.9. The average molecular weight is 628 g/mol. The van der Waals surface area contributed by atoms with Gasteiger partial charge in [-0.2, -0.15) is 5.10 Å². The van der Waals surface area contributed by atoms with Crippen LogP contribution in [0.3, 0.4) is 0 Å². The first-order chi connectivity index (χ1) is 20.6. The predicted molar refractivity (Wildman–Crippen MR) is 169 cm³/mol. The van der Waals surface area contributed by atoms with Crippen LogP contribution in [0, 0.1) is 12.3 Å². The van der Waals surface area contributed by atoms with Crippen LogP contribution in [0.4, 0.5) is 21.2 Å². The number of aromatic nitrogens is 5. The van der Waals surface area contributed by atoms with Gasteiger partial charge in [-0.3, -0.25) is 4.90 Å². The van der Waals surface area contributed by atoms with Crippen molar-refractivity contribution in [1.82, 2.24) is 24.7 Å². The molecule has 1 amide bonds. The lowest BCUT2D eigenvalue weighted by molar-refractivity contribution is 0.0520. The van der Waals surface area contributed by atoms with Crippen LogP contribution in [-0.4, -0.2) is 81.0 Å². The molecule has 44 heavy (non-hydrogen) atoms. The lowest BCUT2D eigenvalue weighted by atomic mass is 9.78. The number of hydrogen-bond donors (Lipinski definition) is 0. The zero-order chi connectivity index (χ0) is 32.0. The highest BCUT2D eigenvalue weighted by Gasteiger charge is 2.39. The Balaban J connectivity index is 1.60. The summed E-state index contributed by atoms with van der Waals surface area (Å²) in [6, 6.07) is 1.68.